The molecule has 0 aliphatic heterocycles. The molecule has 1 amide bonds. The second-order valence-corrected chi connectivity index (χ2v) is 5.29. The number of halogens is 1. The second kappa shape index (κ2) is 6.53. The number of ether oxygens (including phenoxy) is 2. The van der Waals surface area contributed by atoms with Crippen LogP contribution in [0.4, 0.5) is 14.9 Å². The zero-order valence-corrected chi connectivity index (χ0v) is 12.3. The van der Waals surface area contributed by atoms with E-state index in [4.69, 9.17) is 4.74 Å². The van der Waals surface area contributed by atoms with E-state index in [1.165, 1.54) is 6.07 Å². The molecule has 1 aromatic carbocycles. The van der Waals surface area contributed by atoms with Crippen molar-refractivity contribution in [1.82, 2.24) is 0 Å². The normalized spacial score (nSPS) is 12.5. The molecule has 0 bridgehead atoms. The van der Waals surface area contributed by atoms with Gasteiger partial charge in [-0.05, 0) is 39.0 Å². The summed E-state index contributed by atoms with van der Waals surface area (Å²) >= 11 is 0. The highest BCUT2D eigenvalue weighted by Crippen LogP contribution is 2.23. The molecule has 116 valence electrons. The first-order valence-electron chi connectivity index (χ1n) is 6.19. The van der Waals surface area contributed by atoms with Gasteiger partial charge in [-0.25, -0.2) is 14.0 Å². The molecule has 0 saturated carbocycles. The number of hydrogen-bond acceptors (Lipinski definition) is 5. The summed E-state index contributed by atoms with van der Waals surface area (Å²) in [6.07, 6.45) is -2.50. The molecule has 0 aliphatic carbocycles. The molecule has 6 nitrogen and oxygen atoms in total. The maximum absolute atomic E-state index is 13.6. The lowest BCUT2D eigenvalue weighted by Gasteiger charge is -2.20. The molecule has 1 unspecified atom stereocenters. The first-order chi connectivity index (χ1) is 9.64. The average Bonchev–Trinajstić information content (AvgIpc) is 2.37. The van der Waals surface area contributed by atoms with Crippen LogP contribution in [0.2, 0.25) is 0 Å². The lowest BCUT2D eigenvalue weighted by molar-refractivity contribution is -0.150. The van der Waals surface area contributed by atoms with E-state index in [0.29, 0.717) is 0 Å². The third-order valence-electron chi connectivity index (χ3n) is 2.36. The molecule has 0 saturated heterocycles. The van der Waals surface area contributed by atoms with Gasteiger partial charge < -0.3 is 14.6 Å². The minimum atomic E-state index is -1.77. The fourth-order valence-corrected chi connectivity index (χ4v) is 1.49. The Labute approximate surface area is 121 Å². The number of amides is 1. The molecule has 1 atom stereocenters. The van der Waals surface area contributed by atoms with Crippen molar-refractivity contribution in [2.45, 2.75) is 32.5 Å². The van der Waals surface area contributed by atoms with E-state index < -0.39 is 29.6 Å². The fraction of sp³-hybridized carbons (Fsp3) is 0.429. The maximum atomic E-state index is 13.6. The number of benzene rings is 1. The number of anilines is 1. The van der Waals surface area contributed by atoms with Crippen LogP contribution in [0.25, 0.3) is 0 Å². The van der Waals surface area contributed by atoms with Gasteiger partial charge in [0.25, 0.3) is 0 Å². The molecule has 1 rings (SSSR count). The molecule has 21 heavy (non-hydrogen) atoms. The Kier molecular flexibility index (Phi) is 5.26. The lowest BCUT2D eigenvalue weighted by Crippen LogP contribution is -2.27. The molecular weight excluding hydrogens is 281 g/mol. The average molecular weight is 299 g/mol. The summed E-state index contributed by atoms with van der Waals surface area (Å²) in [5.41, 5.74) is -0.794. The number of aliphatic hydroxyl groups excluding tert-OH is 1. The van der Waals surface area contributed by atoms with E-state index in [2.05, 4.69) is 10.1 Å². The van der Waals surface area contributed by atoms with Gasteiger partial charge in [0.2, 0.25) is 0 Å². The molecule has 0 spiro atoms. The predicted molar refractivity (Wildman–Crippen MR) is 73.2 cm³/mol. The highest BCUT2D eigenvalue weighted by atomic mass is 19.1. The number of carbonyl (C=O) groups excluding carboxylic acids is 2. The standard InChI is InChI=1S/C14H18FNO5/c1-14(2,3)21-13(19)16-8-5-6-10(15)9(7-8)11(17)12(18)20-4/h5-7,11,17H,1-4H3,(H,16,19). The van der Waals surface area contributed by atoms with Crippen molar-refractivity contribution in [3.8, 4) is 0 Å². The van der Waals surface area contributed by atoms with Crippen LogP contribution < -0.4 is 5.32 Å². The summed E-state index contributed by atoms with van der Waals surface area (Å²) in [7, 11) is 1.08. The van der Waals surface area contributed by atoms with Crippen molar-refractivity contribution in [2.75, 3.05) is 12.4 Å². The van der Waals surface area contributed by atoms with Crippen LogP contribution in [-0.4, -0.2) is 29.9 Å². The predicted octanol–water partition coefficient (Wildman–Crippen LogP) is 2.38. The number of carbonyl (C=O) groups is 2. The van der Waals surface area contributed by atoms with Crippen LogP contribution in [0, 0.1) is 5.82 Å². The highest BCUT2D eigenvalue weighted by molar-refractivity contribution is 5.85. The van der Waals surface area contributed by atoms with E-state index in [9.17, 15) is 19.1 Å². The van der Waals surface area contributed by atoms with Gasteiger partial charge in [0.05, 0.1) is 7.11 Å². The molecular formula is C14H18FNO5. The minimum Gasteiger partial charge on any atom is -0.467 e. The van der Waals surface area contributed by atoms with Crippen LogP contribution in [0.1, 0.15) is 32.4 Å². The van der Waals surface area contributed by atoms with Crippen LogP contribution in [0.3, 0.4) is 0 Å². The number of esters is 1. The van der Waals surface area contributed by atoms with Gasteiger partial charge >= 0.3 is 12.1 Å². The number of methoxy groups -OCH3 is 1. The van der Waals surface area contributed by atoms with Crippen LogP contribution in [0.5, 0.6) is 0 Å². The molecule has 0 fully saturated rings. The van der Waals surface area contributed by atoms with Crippen molar-refractivity contribution in [3.63, 3.8) is 0 Å². The monoisotopic (exact) mass is 299 g/mol. The molecule has 0 aliphatic rings. The van der Waals surface area contributed by atoms with Crippen molar-refractivity contribution >= 4 is 17.7 Å². The van der Waals surface area contributed by atoms with Gasteiger partial charge in [-0.2, -0.15) is 0 Å². The molecule has 0 heterocycles. The highest BCUT2D eigenvalue weighted by Gasteiger charge is 2.23. The zero-order valence-electron chi connectivity index (χ0n) is 12.3. The van der Waals surface area contributed by atoms with Crippen molar-refractivity contribution < 1.29 is 28.6 Å². The summed E-state index contributed by atoms with van der Waals surface area (Å²) in [6, 6.07) is 3.45. The van der Waals surface area contributed by atoms with Gasteiger partial charge in [0, 0.05) is 11.3 Å². The van der Waals surface area contributed by atoms with E-state index in [-0.39, 0.29) is 11.3 Å². The Balaban J connectivity index is 2.92. The third kappa shape index (κ3) is 5.03. The molecule has 1 aromatic rings. The van der Waals surface area contributed by atoms with Crippen LogP contribution >= 0.6 is 0 Å². The molecule has 0 radical (unpaired) electrons. The number of aliphatic hydroxyl groups is 1. The first-order valence-corrected chi connectivity index (χ1v) is 6.19. The van der Waals surface area contributed by atoms with Crippen molar-refractivity contribution in [1.29, 1.82) is 0 Å². The smallest absolute Gasteiger partial charge is 0.412 e. The van der Waals surface area contributed by atoms with Crippen molar-refractivity contribution in [2.24, 2.45) is 0 Å². The van der Waals surface area contributed by atoms with Gasteiger partial charge in [0.15, 0.2) is 6.10 Å². The zero-order chi connectivity index (χ0) is 16.2. The van der Waals surface area contributed by atoms with E-state index in [1.807, 2.05) is 0 Å². The fourth-order valence-electron chi connectivity index (χ4n) is 1.49. The first kappa shape index (κ1) is 16.9. The summed E-state index contributed by atoms with van der Waals surface area (Å²) < 4.78 is 23.0. The van der Waals surface area contributed by atoms with Crippen LogP contribution in [-0.2, 0) is 14.3 Å². The third-order valence-corrected chi connectivity index (χ3v) is 2.36. The summed E-state index contributed by atoms with van der Waals surface area (Å²) in [5.74, 6) is -1.79. The largest absolute Gasteiger partial charge is 0.467 e. The van der Waals surface area contributed by atoms with Crippen molar-refractivity contribution in [3.05, 3.63) is 29.6 Å². The second-order valence-electron chi connectivity index (χ2n) is 5.29. The molecule has 0 aromatic heterocycles. The Morgan fingerprint density at radius 1 is 1.33 bits per heavy atom. The SMILES string of the molecule is COC(=O)C(O)c1cc(NC(=O)OC(C)(C)C)ccc1F. The Morgan fingerprint density at radius 2 is 1.95 bits per heavy atom. The van der Waals surface area contributed by atoms with Gasteiger partial charge in [0.1, 0.15) is 11.4 Å². The number of hydrogen-bond donors (Lipinski definition) is 2. The number of nitrogens with one attached hydrogen (secondary N) is 1. The van der Waals surface area contributed by atoms with E-state index in [1.54, 1.807) is 20.8 Å². The van der Waals surface area contributed by atoms with Gasteiger partial charge in [-0.1, -0.05) is 0 Å². The molecule has 7 heteroatoms. The van der Waals surface area contributed by atoms with E-state index >= 15 is 0 Å². The summed E-state index contributed by atoms with van der Waals surface area (Å²) in [6.45, 7) is 5.09. The Hall–Kier alpha value is -2.15. The quantitative estimate of drug-likeness (QED) is 0.837. The maximum Gasteiger partial charge on any atom is 0.412 e. The molecule has 2 N–H and O–H groups in total. The van der Waals surface area contributed by atoms with Gasteiger partial charge in [-0.3, -0.25) is 5.32 Å². The summed E-state index contributed by atoms with van der Waals surface area (Å²) in [5, 5.41) is 12.0. The van der Waals surface area contributed by atoms with Gasteiger partial charge in [-0.15, -0.1) is 0 Å². The lowest BCUT2D eigenvalue weighted by atomic mass is 10.1. The van der Waals surface area contributed by atoms with Crippen LogP contribution in [0.15, 0.2) is 18.2 Å². The Morgan fingerprint density at radius 3 is 2.48 bits per heavy atom. The summed E-state index contributed by atoms with van der Waals surface area (Å²) in [4.78, 5) is 22.8. The topological polar surface area (TPSA) is 84.9 Å². The number of rotatable bonds is 3. The Bertz CT molecular complexity index is 539. The minimum absolute atomic E-state index is 0.184. The van der Waals surface area contributed by atoms with E-state index in [0.717, 1.165) is 19.2 Å².